The van der Waals surface area contributed by atoms with Crippen molar-refractivity contribution in [2.75, 3.05) is 18.5 Å². The highest BCUT2D eigenvalue weighted by Gasteiger charge is 2.02. The molecule has 3 heteroatoms. The van der Waals surface area contributed by atoms with Gasteiger partial charge in [-0.25, -0.2) is 0 Å². The second kappa shape index (κ2) is 5.54. The Hall–Kier alpha value is -1.51. The summed E-state index contributed by atoms with van der Waals surface area (Å²) >= 11 is 0. The number of nitrogens with one attached hydrogen (secondary N) is 1. The third-order valence-electron chi connectivity index (χ3n) is 2.59. The molecule has 0 saturated heterocycles. The van der Waals surface area contributed by atoms with Crippen LogP contribution in [0.15, 0.2) is 18.2 Å². The van der Waals surface area contributed by atoms with Crippen molar-refractivity contribution in [2.24, 2.45) is 5.73 Å². The summed E-state index contributed by atoms with van der Waals surface area (Å²) in [6.07, 6.45) is 1.61. The second-order valence-electron chi connectivity index (χ2n) is 4.40. The van der Waals surface area contributed by atoms with Crippen LogP contribution >= 0.6 is 0 Å². The molecule has 3 N–H and O–H groups in total. The van der Waals surface area contributed by atoms with Gasteiger partial charge in [-0.2, -0.15) is 0 Å². The zero-order valence-electron chi connectivity index (χ0n) is 10.4. The van der Waals surface area contributed by atoms with Gasteiger partial charge in [0.1, 0.15) is 0 Å². The first-order chi connectivity index (χ1) is 7.49. The van der Waals surface area contributed by atoms with Crippen molar-refractivity contribution >= 4 is 11.5 Å². The maximum atomic E-state index is 7.17. The molecule has 0 spiro atoms. The molecule has 1 rings (SSSR count). The molecule has 0 fully saturated rings. The first-order valence-corrected chi connectivity index (χ1v) is 5.61. The molecule has 0 aliphatic heterocycles. The minimum absolute atomic E-state index is 0.272. The van der Waals surface area contributed by atoms with Gasteiger partial charge in [0.15, 0.2) is 0 Å². The Morgan fingerprint density at radius 3 is 2.31 bits per heavy atom. The number of nitrogens with two attached hydrogens (primary N) is 1. The van der Waals surface area contributed by atoms with Crippen LogP contribution in [0.3, 0.4) is 0 Å². The van der Waals surface area contributed by atoms with Crippen molar-refractivity contribution in [3.63, 3.8) is 0 Å². The van der Waals surface area contributed by atoms with Gasteiger partial charge < -0.3 is 10.6 Å². The largest absolute Gasteiger partial charge is 0.388 e. The summed E-state index contributed by atoms with van der Waals surface area (Å²) < 4.78 is 0. The van der Waals surface area contributed by atoms with Gasteiger partial charge >= 0.3 is 0 Å². The van der Waals surface area contributed by atoms with Crippen LogP contribution in [-0.2, 0) is 0 Å². The van der Waals surface area contributed by atoms with E-state index < -0.39 is 0 Å². The standard InChI is InChI=1S/C13H21N3/c1-10-7-11(2)9-12(8-10)16(3)6-4-5-13(14)15/h7-9H,4-6H2,1-3H3,(H3,14,15). The lowest BCUT2D eigenvalue weighted by Gasteiger charge is -2.20. The van der Waals surface area contributed by atoms with Gasteiger partial charge in [0.05, 0.1) is 5.84 Å². The molecule has 0 bridgehead atoms. The van der Waals surface area contributed by atoms with Crippen LogP contribution in [0.2, 0.25) is 0 Å². The van der Waals surface area contributed by atoms with Gasteiger partial charge in [-0.3, -0.25) is 5.41 Å². The summed E-state index contributed by atoms with van der Waals surface area (Å²) in [6, 6.07) is 6.54. The Labute approximate surface area is 97.8 Å². The molecule has 0 atom stereocenters. The maximum Gasteiger partial charge on any atom is 0.0905 e. The Kier molecular flexibility index (Phi) is 4.35. The zero-order valence-corrected chi connectivity index (χ0v) is 10.4. The number of anilines is 1. The number of benzene rings is 1. The molecular formula is C13H21N3. The minimum Gasteiger partial charge on any atom is -0.388 e. The summed E-state index contributed by atoms with van der Waals surface area (Å²) in [7, 11) is 2.08. The van der Waals surface area contributed by atoms with Gasteiger partial charge in [0.25, 0.3) is 0 Å². The van der Waals surface area contributed by atoms with Crippen molar-refractivity contribution < 1.29 is 0 Å². The predicted octanol–water partition coefficient (Wildman–Crippen LogP) is 2.46. The van der Waals surface area contributed by atoms with E-state index in [4.69, 9.17) is 11.1 Å². The first kappa shape index (κ1) is 12.6. The van der Waals surface area contributed by atoms with Crippen LogP contribution in [0, 0.1) is 19.3 Å². The number of nitrogens with zero attached hydrogens (tertiary/aromatic N) is 1. The summed E-state index contributed by atoms with van der Waals surface area (Å²) in [4.78, 5) is 2.21. The molecule has 0 aromatic heterocycles. The summed E-state index contributed by atoms with van der Waals surface area (Å²) in [5, 5.41) is 7.17. The smallest absolute Gasteiger partial charge is 0.0905 e. The summed E-state index contributed by atoms with van der Waals surface area (Å²) in [6.45, 7) is 5.16. The highest BCUT2D eigenvalue weighted by molar-refractivity contribution is 5.76. The Balaban J connectivity index is 2.58. The Bertz CT molecular complexity index is 351. The SMILES string of the molecule is Cc1cc(C)cc(N(C)CCCC(=N)N)c1. The highest BCUT2D eigenvalue weighted by Crippen LogP contribution is 2.17. The molecule has 88 valence electrons. The number of hydrogen-bond acceptors (Lipinski definition) is 2. The van der Waals surface area contributed by atoms with E-state index in [9.17, 15) is 0 Å². The van der Waals surface area contributed by atoms with Crippen molar-refractivity contribution in [2.45, 2.75) is 26.7 Å². The topological polar surface area (TPSA) is 53.1 Å². The molecule has 0 aliphatic rings. The molecule has 1 aromatic rings. The van der Waals surface area contributed by atoms with Crippen molar-refractivity contribution in [1.82, 2.24) is 0 Å². The van der Waals surface area contributed by atoms with Crippen LogP contribution in [0.4, 0.5) is 5.69 Å². The molecule has 0 aliphatic carbocycles. The van der Waals surface area contributed by atoms with Crippen LogP contribution < -0.4 is 10.6 Å². The molecule has 0 amide bonds. The molecule has 0 unspecified atom stereocenters. The average molecular weight is 219 g/mol. The third kappa shape index (κ3) is 3.93. The summed E-state index contributed by atoms with van der Waals surface area (Å²) in [5.41, 5.74) is 9.14. The highest BCUT2D eigenvalue weighted by atomic mass is 15.1. The second-order valence-corrected chi connectivity index (χ2v) is 4.40. The zero-order chi connectivity index (χ0) is 12.1. The molecule has 0 radical (unpaired) electrons. The van der Waals surface area contributed by atoms with Gasteiger partial charge in [0.2, 0.25) is 0 Å². The normalized spacial score (nSPS) is 10.2. The van der Waals surface area contributed by atoms with E-state index >= 15 is 0 Å². The quantitative estimate of drug-likeness (QED) is 0.590. The Morgan fingerprint density at radius 1 is 1.25 bits per heavy atom. The van der Waals surface area contributed by atoms with E-state index in [0.717, 1.165) is 13.0 Å². The van der Waals surface area contributed by atoms with E-state index in [0.29, 0.717) is 6.42 Å². The molecule has 1 aromatic carbocycles. The van der Waals surface area contributed by atoms with Crippen LogP contribution in [0.5, 0.6) is 0 Å². The molecule has 3 nitrogen and oxygen atoms in total. The van der Waals surface area contributed by atoms with Crippen LogP contribution in [-0.4, -0.2) is 19.4 Å². The van der Waals surface area contributed by atoms with Crippen LogP contribution in [0.25, 0.3) is 0 Å². The number of aryl methyl sites for hydroxylation is 2. The minimum atomic E-state index is 0.272. The monoisotopic (exact) mass is 219 g/mol. The average Bonchev–Trinajstić information content (AvgIpc) is 2.15. The van der Waals surface area contributed by atoms with Crippen molar-refractivity contribution in [3.8, 4) is 0 Å². The lowest BCUT2D eigenvalue weighted by atomic mass is 10.1. The number of hydrogen-bond donors (Lipinski definition) is 2. The van der Waals surface area contributed by atoms with Gasteiger partial charge in [-0.15, -0.1) is 0 Å². The number of rotatable bonds is 5. The first-order valence-electron chi connectivity index (χ1n) is 5.61. The maximum absolute atomic E-state index is 7.17. The number of amidine groups is 1. The van der Waals surface area contributed by atoms with Crippen molar-refractivity contribution in [3.05, 3.63) is 29.3 Å². The van der Waals surface area contributed by atoms with E-state index in [2.05, 4.69) is 44.0 Å². The van der Waals surface area contributed by atoms with E-state index in [1.807, 2.05) is 0 Å². The van der Waals surface area contributed by atoms with Gasteiger partial charge in [-0.05, 0) is 43.5 Å². The fraction of sp³-hybridized carbons (Fsp3) is 0.462. The van der Waals surface area contributed by atoms with Crippen molar-refractivity contribution in [1.29, 1.82) is 5.41 Å². The van der Waals surface area contributed by atoms with E-state index in [1.54, 1.807) is 0 Å². The van der Waals surface area contributed by atoms with E-state index in [1.165, 1.54) is 16.8 Å². The molecular weight excluding hydrogens is 198 g/mol. The summed E-state index contributed by atoms with van der Waals surface area (Å²) in [5.74, 6) is 0.272. The predicted molar refractivity (Wildman–Crippen MR) is 70.3 cm³/mol. The lowest BCUT2D eigenvalue weighted by Crippen LogP contribution is -2.20. The molecule has 0 saturated carbocycles. The fourth-order valence-corrected chi connectivity index (χ4v) is 1.81. The third-order valence-corrected chi connectivity index (χ3v) is 2.59. The van der Waals surface area contributed by atoms with E-state index in [-0.39, 0.29) is 5.84 Å². The Morgan fingerprint density at radius 2 is 1.81 bits per heavy atom. The van der Waals surface area contributed by atoms with Gasteiger partial charge in [0, 0.05) is 25.7 Å². The lowest BCUT2D eigenvalue weighted by molar-refractivity contribution is 0.811. The molecule has 0 heterocycles. The fourth-order valence-electron chi connectivity index (χ4n) is 1.81. The van der Waals surface area contributed by atoms with Gasteiger partial charge in [-0.1, -0.05) is 6.07 Å². The van der Waals surface area contributed by atoms with Crippen LogP contribution in [0.1, 0.15) is 24.0 Å². The molecule has 16 heavy (non-hydrogen) atoms.